The number of carbonyl (C=O) groups excluding carboxylic acids is 1. The van der Waals surface area contributed by atoms with Crippen molar-refractivity contribution in [1.82, 2.24) is 10.2 Å². The number of fused-ring (bicyclic) bond motifs is 1. The van der Waals surface area contributed by atoms with E-state index >= 15 is 0 Å². The molecule has 1 N–H and O–H groups in total. The van der Waals surface area contributed by atoms with E-state index in [1.165, 1.54) is 5.56 Å². The first kappa shape index (κ1) is 17.5. The van der Waals surface area contributed by atoms with E-state index in [0.29, 0.717) is 5.56 Å². The smallest absolute Gasteiger partial charge is 0.253 e. The van der Waals surface area contributed by atoms with Crippen molar-refractivity contribution in [3.63, 3.8) is 0 Å². The minimum absolute atomic E-state index is 0.00874. The van der Waals surface area contributed by atoms with Crippen molar-refractivity contribution in [1.29, 1.82) is 0 Å². The molecule has 0 radical (unpaired) electrons. The number of rotatable bonds is 4. The monoisotopic (exact) mass is 338 g/mol. The molecule has 1 heterocycles. The summed E-state index contributed by atoms with van der Waals surface area (Å²) in [4.78, 5) is 13.9. The molecule has 4 nitrogen and oxygen atoms in total. The Labute approximate surface area is 149 Å². The fraction of sp³-hybridized carbons (Fsp3) is 0.381. The number of hydrogen-bond donors (Lipinski definition) is 1. The zero-order valence-electron chi connectivity index (χ0n) is 15.4. The van der Waals surface area contributed by atoms with E-state index in [1.54, 1.807) is 19.0 Å². The first-order valence-corrected chi connectivity index (χ1v) is 8.68. The maximum absolute atomic E-state index is 12.3. The number of carbonyl (C=O) groups is 1. The summed E-state index contributed by atoms with van der Waals surface area (Å²) in [5, 5.41) is 3.64. The molecule has 0 fully saturated rings. The fourth-order valence-corrected chi connectivity index (χ4v) is 3.26. The molecule has 2 aromatic rings. The first-order chi connectivity index (χ1) is 11.9. The normalized spacial score (nSPS) is 18.2. The summed E-state index contributed by atoms with van der Waals surface area (Å²) in [6.45, 7) is 4.99. The maximum atomic E-state index is 12.3. The molecule has 1 amide bonds. The molecule has 1 unspecified atom stereocenters. The second-order valence-electron chi connectivity index (χ2n) is 7.44. The standard InChI is InChI=1S/C21H26N2O2/c1-21(2)13-18(22-14-15-8-6-5-7-9-15)17-12-16(20(24)23(3)4)10-11-19(17)25-21/h5-12,18,22H,13-14H2,1-4H3. The van der Waals surface area contributed by atoms with Gasteiger partial charge in [-0.2, -0.15) is 0 Å². The van der Waals surface area contributed by atoms with Gasteiger partial charge in [0.25, 0.3) is 5.91 Å². The molecule has 0 saturated heterocycles. The highest BCUT2D eigenvalue weighted by Gasteiger charge is 2.34. The first-order valence-electron chi connectivity index (χ1n) is 8.68. The number of hydrogen-bond acceptors (Lipinski definition) is 3. The van der Waals surface area contributed by atoms with Crippen LogP contribution in [0.15, 0.2) is 48.5 Å². The van der Waals surface area contributed by atoms with Crippen LogP contribution in [0, 0.1) is 0 Å². The van der Waals surface area contributed by atoms with Crippen molar-refractivity contribution in [2.75, 3.05) is 14.1 Å². The van der Waals surface area contributed by atoms with Crippen LogP contribution in [0.5, 0.6) is 5.75 Å². The third kappa shape index (κ3) is 4.02. The van der Waals surface area contributed by atoms with Crippen LogP contribution in [0.1, 0.15) is 47.8 Å². The van der Waals surface area contributed by atoms with E-state index in [-0.39, 0.29) is 17.6 Å². The average molecular weight is 338 g/mol. The molecule has 0 spiro atoms. The minimum Gasteiger partial charge on any atom is -0.487 e. The van der Waals surface area contributed by atoms with Crippen LogP contribution in [0.4, 0.5) is 0 Å². The van der Waals surface area contributed by atoms with Gasteiger partial charge in [-0.05, 0) is 37.6 Å². The van der Waals surface area contributed by atoms with E-state index in [4.69, 9.17) is 4.74 Å². The molecule has 3 rings (SSSR count). The van der Waals surface area contributed by atoms with Gasteiger partial charge in [0.1, 0.15) is 11.4 Å². The number of amides is 1. The molecule has 25 heavy (non-hydrogen) atoms. The Kier molecular flexibility index (Phi) is 4.82. The Morgan fingerprint density at radius 2 is 1.92 bits per heavy atom. The van der Waals surface area contributed by atoms with Crippen LogP contribution in [0.3, 0.4) is 0 Å². The Morgan fingerprint density at radius 1 is 1.20 bits per heavy atom. The second-order valence-corrected chi connectivity index (χ2v) is 7.44. The average Bonchev–Trinajstić information content (AvgIpc) is 2.58. The summed E-state index contributed by atoms with van der Waals surface area (Å²) < 4.78 is 6.13. The lowest BCUT2D eigenvalue weighted by Crippen LogP contribution is -2.39. The van der Waals surface area contributed by atoms with Crippen LogP contribution in [-0.2, 0) is 6.54 Å². The summed E-state index contributed by atoms with van der Waals surface area (Å²) in [6, 6.07) is 16.2. The van der Waals surface area contributed by atoms with Gasteiger partial charge in [0, 0.05) is 44.2 Å². The maximum Gasteiger partial charge on any atom is 0.253 e. The Morgan fingerprint density at radius 3 is 2.60 bits per heavy atom. The summed E-state index contributed by atoms with van der Waals surface area (Å²) in [6.07, 6.45) is 0.854. The number of nitrogens with zero attached hydrogens (tertiary/aromatic N) is 1. The van der Waals surface area contributed by atoms with E-state index in [0.717, 1.165) is 24.3 Å². The predicted octanol–water partition coefficient (Wildman–Crippen LogP) is 3.78. The third-order valence-electron chi connectivity index (χ3n) is 4.52. The molecular formula is C21H26N2O2. The Balaban J connectivity index is 1.88. The van der Waals surface area contributed by atoms with Gasteiger partial charge in [-0.1, -0.05) is 30.3 Å². The topological polar surface area (TPSA) is 41.6 Å². The fourth-order valence-electron chi connectivity index (χ4n) is 3.26. The molecule has 4 heteroatoms. The molecule has 0 aliphatic carbocycles. The highest BCUT2D eigenvalue weighted by molar-refractivity contribution is 5.94. The Hall–Kier alpha value is -2.33. The van der Waals surface area contributed by atoms with Gasteiger partial charge >= 0.3 is 0 Å². The lowest BCUT2D eigenvalue weighted by Gasteiger charge is -2.38. The van der Waals surface area contributed by atoms with Crippen LogP contribution in [0.2, 0.25) is 0 Å². The van der Waals surface area contributed by atoms with E-state index < -0.39 is 0 Å². The second kappa shape index (κ2) is 6.89. The van der Waals surface area contributed by atoms with Gasteiger partial charge in [-0.3, -0.25) is 4.79 Å². The molecule has 132 valence electrons. The van der Waals surface area contributed by atoms with Crippen molar-refractivity contribution in [2.45, 2.75) is 38.5 Å². The molecule has 1 atom stereocenters. The van der Waals surface area contributed by atoms with E-state index in [1.807, 2.05) is 36.4 Å². The van der Waals surface area contributed by atoms with Crippen molar-refractivity contribution in [3.05, 3.63) is 65.2 Å². The van der Waals surface area contributed by atoms with Gasteiger partial charge in [-0.15, -0.1) is 0 Å². The van der Waals surface area contributed by atoms with Crippen LogP contribution in [0.25, 0.3) is 0 Å². The summed E-state index contributed by atoms with van der Waals surface area (Å²) in [5.41, 5.74) is 2.75. The van der Waals surface area contributed by atoms with Gasteiger partial charge in [0.15, 0.2) is 0 Å². The van der Waals surface area contributed by atoms with Crippen molar-refractivity contribution >= 4 is 5.91 Å². The van der Waals surface area contributed by atoms with Crippen LogP contribution < -0.4 is 10.1 Å². The van der Waals surface area contributed by atoms with Crippen molar-refractivity contribution < 1.29 is 9.53 Å². The lowest BCUT2D eigenvalue weighted by atomic mass is 9.88. The third-order valence-corrected chi connectivity index (χ3v) is 4.52. The molecule has 1 aliphatic rings. The lowest BCUT2D eigenvalue weighted by molar-refractivity contribution is 0.0655. The molecular weight excluding hydrogens is 312 g/mol. The van der Waals surface area contributed by atoms with Gasteiger partial charge in [0.05, 0.1) is 0 Å². The van der Waals surface area contributed by atoms with Gasteiger partial charge in [-0.25, -0.2) is 0 Å². The van der Waals surface area contributed by atoms with Crippen LogP contribution in [-0.4, -0.2) is 30.5 Å². The van der Waals surface area contributed by atoms with E-state index in [9.17, 15) is 4.79 Å². The molecule has 1 aliphatic heterocycles. The van der Waals surface area contributed by atoms with Gasteiger partial charge < -0.3 is 15.0 Å². The molecule has 0 bridgehead atoms. The number of benzene rings is 2. The summed E-state index contributed by atoms with van der Waals surface area (Å²) in [5.74, 6) is 0.867. The molecule has 2 aromatic carbocycles. The summed E-state index contributed by atoms with van der Waals surface area (Å²) >= 11 is 0. The number of nitrogens with one attached hydrogen (secondary N) is 1. The number of ether oxygens (including phenoxy) is 1. The van der Waals surface area contributed by atoms with Crippen molar-refractivity contribution in [3.8, 4) is 5.75 Å². The van der Waals surface area contributed by atoms with Gasteiger partial charge in [0.2, 0.25) is 0 Å². The highest BCUT2D eigenvalue weighted by atomic mass is 16.5. The Bertz CT molecular complexity index is 754. The zero-order chi connectivity index (χ0) is 18.0. The highest BCUT2D eigenvalue weighted by Crippen LogP contribution is 2.40. The zero-order valence-corrected chi connectivity index (χ0v) is 15.4. The predicted molar refractivity (Wildman–Crippen MR) is 99.8 cm³/mol. The minimum atomic E-state index is -0.242. The molecule has 0 aromatic heterocycles. The SMILES string of the molecule is CN(C)C(=O)c1ccc2c(c1)C(NCc1ccccc1)CC(C)(C)O2. The van der Waals surface area contributed by atoms with Crippen molar-refractivity contribution in [2.24, 2.45) is 0 Å². The van der Waals surface area contributed by atoms with Crippen LogP contribution >= 0.6 is 0 Å². The quantitative estimate of drug-likeness (QED) is 0.922. The molecule has 0 saturated carbocycles. The van der Waals surface area contributed by atoms with E-state index in [2.05, 4.69) is 31.3 Å². The summed E-state index contributed by atoms with van der Waals surface area (Å²) in [7, 11) is 3.54. The largest absolute Gasteiger partial charge is 0.487 e.